The zero-order valence-electron chi connectivity index (χ0n) is 10.1. The molecule has 3 rings (SSSR count). The van der Waals surface area contributed by atoms with Crippen LogP contribution in [0, 0.1) is 0 Å². The molecule has 6 heteroatoms. The first kappa shape index (κ1) is 11.2. The lowest BCUT2D eigenvalue weighted by atomic mass is 10.2. The van der Waals surface area contributed by atoms with Gasteiger partial charge in [0.2, 0.25) is 0 Å². The van der Waals surface area contributed by atoms with Crippen LogP contribution in [-0.4, -0.2) is 39.9 Å². The molecule has 0 aromatic carbocycles. The molecule has 1 saturated heterocycles. The number of nitrogens with two attached hydrogens (primary N) is 1. The Balaban J connectivity index is 1.84. The van der Waals surface area contributed by atoms with E-state index in [-0.39, 0.29) is 0 Å². The lowest BCUT2D eigenvalue weighted by molar-refractivity contribution is 0.617. The van der Waals surface area contributed by atoms with Crippen LogP contribution in [0.4, 0.5) is 0 Å². The summed E-state index contributed by atoms with van der Waals surface area (Å²) in [5.74, 6) is 0.542. The Labute approximate surface area is 105 Å². The highest BCUT2D eigenvalue weighted by molar-refractivity contribution is 6.06. The minimum Gasteiger partial charge on any atom is -0.383 e. The van der Waals surface area contributed by atoms with Crippen LogP contribution >= 0.6 is 0 Å². The normalized spacial score (nSPS) is 20.7. The van der Waals surface area contributed by atoms with Gasteiger partial charge >= 0.3 is 0 Å². The molecule has 18 heavy (non-hydrogen) atoms. The summed E-state index contributed by atoms with van der Waals surface area (Å²) >= 11 is 0. The maximum Gasteiger partial charge on any atom is 0.178 e. The van der Waals surface area contributed by atoms with Crippen LogP contribution in [0.3, 0.4) is 0 Å². The Kier molecular flexibility index (Phi) is 2.93. The number of nitrogens with one attached hydrogen (secondary N) is 2. The van der Waals surface area contributed by atoms with Gasteiger partial charge in [-0.05, 0) is 25.5 Å². The summed E-state index contributed by atoms with van der Waals surface area (Å²) in [6.07, 6.45) is 5.72. The number of hydrogen-bond acceptors (Lipinski definition) is 4. The molecular weight excluding hydrogens is 228 g/mol. The van der Waals surface area contributed by atoms with Crippen molar-refractivity contribution in [3.63, 3.8) is 0 Å². The molecule has 2 aromatic rings. The van der Waals surface area contributed by atoms with Gasteiger partial charge in [-0.15, -0.1) is 0 Å². The molecule has 0 spiro atoms. The third kappa shape index (κ3) is 2.06. The van der Waals surface area contributed by atoms with E-state index in [0.29, 0.717) is 17.5 Å². The van der Waals surface area contributed by atoms with E-state index in [4.69, 9.17) is 5.73 Å². The second kappa shape index (κ2) is 4.73. The van der Waals surface area contributed by atoms with Gasteiger partial charge in [0, 0.05) is 17.8 Å². The molecule has 0 saturated carbocycles. The van der Waals surface area contributed by atoms with Crippen molar-refractivity contribution in [3.8, 4) is 0 Å². The van der Waals surface area contributed by atoms with Crippen molar-refractivity contribution in [3.05, 3.63) is 24.2 Å². The fourth-order valence-corrected chi connectivity index (χ4v) is 2.27. The molecule has 1 atom stereocenters. The van der Waals surface area contributed by atoms with Crippen molar-refractivity contribution in [2.24, 2.45) is 10.7 Å². The largest absolute Gasteiger partial charge is 0.383 e. The number of aromatic amines is 1. The van der Waals surface area contributed by atoms with Gasteiger partial charge in [-0.1, -0.05) is 0 Å². The highest BCUT2D eigenvalue weighted by atomic mass is 15.0. The van der Waals surface area contributed by atoms with Gasteiger partial charge in [-0.2, -0.15) is 0 Å². The van der Waals surface area contributed by atoms with E-state index in [0.717, 1.165) is 24.2 Å². The molecule has 6 nitrogen and oxygen atoms in total. The summed E-state index contributed by atoms with van der Waals surface area (Å²) < 4.78 is 0. The predicted molar refractivity (Wildman–Crippen MR) is 70.5 cm³/mol. The van der Waals surface area contributed by atoms with Crippen molar-refractivity contribution in [2.75, 3.05) is 13.1 Å². The predicted octanol–water partition coefficient (Wildman–Crippen LogP) is 0.415. The molecule has 0 amide bonds. The molecule has 4 N–H and O–H groups in total. The zero-order valence-corrected chi connectivity index (χ0v) is 10.1. The minimum atomic E-state index is 0.461. The average Bonchev–Trinajstić information content (AvgIpc) is 3.05. The summed E-state index contributed by atoms with van der Waals surface area (Å²) in [5.41, 5.74) is 8.43. The maximum absolute atomic E-state index is 6.05. The number of amidine groups is 1. The van der Waals surface area contributed by atoms with Gasteiger partial charge in [-0.3, -0.25) is 4.99 Å². The lowest BCUT2D eigenvalue weighted by Gasteiger charge is -2.07. The van der Waals surface area contributed by atoms with Gasteiger partial charge in [0.25, 0.3) is 0 Å². The van der Waals surface area contributed by atoms with Crippen LogP contribution in [0.15, 0.2) is 23.6 Å². The van der Waals surface area contributed by atoms with Crippen molar-refractivity contribution < 1.29 is 0 Å². The zero-order chi connectivity index (χ0) is 12.4. The molecule has 1 aliphatic heterocycles. The monoisotopic (exact) mass is 244 g/mol. The first-order valence-corrected chi connectivity index (χ1v) is 6.16. The molecule has 0 radical (unpaired) electrons. The first-order chi connectivity index (χ1) is 8.84. The van der Waals surface area contributed by atoms with Crippen molar-refractivity contribution >= 4 is 17.0 Å². The van der Waals surface area contributed by atoms with Crippen molar-refractivity contribution in [1.82, 2.24) is 20.3 Å². The number of nitrogens with zero attached hydrogens (tertiary/aromatic N) is 3. The fourth-order valence-electron chi connectivity index (χ4n) is 2.27. The van der Waals surface area contributed by atoms with E-state index in [1.165, 1.54) is 12.8 Å². The number of hydrogen-bond donors (Lipinski definition) is 3. The Morgan fingerprint density at radius 1 is 1.50 bits per heavy atom. The SMILES string of the molecule is NC(=NCC1CCCN1)c1ccnc2nc[nH]c12. The summed E-state index contributed by atoms with van der Waals surface area (Å²) in [7, 11) is 0. The summed E-state index contributed by atoms with van der Waals surface area (Å²) in [6, 6.07) is 2.32. The highest BCUT2D eigenvalue weighted by Crippen LogP contribution is 2.12. The van der Waals surface area contributed by atoms with Crippen LogP contribution in [0.5, 0.6) is 0 Å². The van der Waals surface area contributed by atoms with E-state index in [1.54, 1.807) is 12.5 Å². The van der Waals surface area contributed by atoms with E-state index in [2.05, 4.69) is 25.3 Å². The number of H-pyrrole nitrogens is 1. The fraction of sp³-hybridized carbons (Fsp3) is 0.417. The molecule has 1 aliphatic rings. The Bertz CT molecular complexity index is 567. The van der Waals surface area contributed by atoms with Crippen molar-refractivity contribution in [2.45, 2.75) is 18.9 Å². The quantitative estimate of drug-likeness (QED) is 0.539. The third-order valence-corrected chi connectivity index (χ3v) is 3.25. The molecule has 1 unspecified atom stereocenters. The topological polar surface area (TPSA) is 92.0 Å². The third-order valence-electron chi connectivity index (χ3n) is 3.25. The molecule has 94 valence electrons. The summed E-state index contributed by atoms with van der Waals surface area (Å²) in [4.78, 5) is 15.8. The number of aromatic nitrogens is 3. The Hall–Kier alpha value is -1.95. The second-order valence-electron chi connectivity index (χ2n) is 4.48. The van der Waals surface area contributed by atoms with Crippen LogP contribution in [0.2, 0.25) is 0 Å². The molecule has 3 heterocycles. The van der Waals surface area contributed by atoms with E-state index < -0.39 is 0 Å². The minimum absolute atomic E-state index is 0.461. The molecule has 0 aliphatic carbocycles. The first-order valence-electron chi connectivity index (χ1n) is 6.16. The Morgan fingerprint density at radius 2 is 2.44 bits per heavy atom. The van der Waals surface area contributed by atoms with Crippen LogP contribution in [0.25, 0.3) is 11.2 Å². The van der Waals surface area contributed by atoms with E-state index >= 15 is 0 Å². The highest BCUT2D eigenvalue weighted by Gasteiger charge is 2.14. The number of imidazole rings is 1. The van der Waals surface area contributed by atoms with Gasteiger partial charge in [-0.25, -0.2) is 9.97 Å². The van der Waals surface area contributed by atoms with Gasteiger partial charge in [0.05, 0.1) is 18.4 Å². The average molecular weight is 244 g/mol. The van der Waals surface area contributed by atoms with Crippen LogP contribution in [0.1, 0.15) is 18.4 Å². The molecule has 1 fully saturated rings. The molecular formula is C12H16N6. The smallest absolute Gasteiger partial charge is 0.178 e. The van der Waals surface area contributed by atoms with Gasteiger partial charge < -0.3 is 16.0 Å². The maximum atomic E-state index is 6.05. The molecule has 2 aromatic heterocycles. The van der Waals surface area contributed by atoms with Crippen LogP contribution in [-0.2, 0) is 0 Å². The van der Waals surface area contributed by atoms with Gasteiger partial charge in [0.15, 0.2) is 5.65 Å². The van der Waals surface area contributed by atoms with Crippen molar-refractivity contribution in [1.29, 1.82) is 0 Å². The summed E-state index contributed by atoms with van der Waals surface area (Å²) in [5, 5.41) is 3.40. The van der Waals surface area contributed by atoms with E-state index in [9.17, 15) is 0 Å². The number of fused-ring (bicyclic) bond motifs is 1. The summed E-state index contributed by atoms with van der Waals surface area (Å²) in [6.45, 7) is 1.81. The van der Waals surface area contributed by atoms with Gasteiger partial charge in [0.1, 0.15) is 5.84 Å². The van der Waals surface area contributed by atoms with E-state index in [1.807, 2.05) is 6.07 Å². The van der Waals surface area contributed by atoms with Crippen LogP contribution < -0.4 is 11.1 Å². The number of aliphatic imine (C=N–C) groups is 1. The number of pyridine rings is 1. The molecule has 0 bridgehead atoms. The number of rotatable bonds is 3. The second-order valence-corrected chi connectivity index (χ2v) is 4.48. The Morgan fingerprint density at radius 3 is 3.28 bits per heavy atom. The lowest BCUT2D eigenvalue weighted by Crippen LogP contribution is -2.26. The standard InChI is InChI=1S/C12H16N6/c13-11(16-6-8-2-1-4-14-8)9-3-5-15-12-10(9)17-7-18-12/h3,5,7-8,14H,1-2,4,6H2,(H2,13,16)(H,15,17,18).